The molecule has 0 fully saturated rings. The second-order valence-corrected chi connectivity index (χ2v) is 19.9. The number of hydrogen-bond donors (Lipinski definition) is 1. The number of unbranched alkanes of at least 4 members (excludes halogenated alkanes) is 36. The number of hydrogen-bond acceptors (Lipinski definition) is 7. The zero-order valence-electron chi connectivity index (χ0n) is 41.8. The molecule has 0 bridgehead atoms. The van der Waals surface area contributed by atoms with Gasteiger partial charge in [0.15, 0.2) is 6.10 Å². The van der Waals surface area contributed by atoms with Gasteiger partial charge in [0.2, 0.25) is 0 Å². The Morgan fingerprint density at radius 3 is 1.03 bits per heavy atom. The van der Waals surface area contributed by atoms with Crippen LogP contribution >= 0.6 is 7.82 Å². The summed E-state index contributed by atoms with van der Waals surface area (Å²) in [6.45, 7) is 3.93. The normalized spacial score (nSPS) is 13.3. The van der Waals surface area contributed by atoms with Crippen LogP contribution in [-0.4, -0.2) is 43.3 Å². The van der Waals surface area contributed by atoms with E-state index in [9.17, 15) is 19.0 Å². The Labute approximate surface area is 390 Å². The molecule has 0 aromatic heterocycles. The van der Waals surface area contributed by atoms with Crippen LogP contribution in [0.4, 0.5) is 0 Å². The molecule has 9 heteroatoms. The van der Waals surface area contributed by atoms with Gasteiger partial charge in [-0.1, -0.05) is 231 Å². The molecule has 0 saturated heterocycles. The summed E-state index contributed by atoms with van der Waals surface area (Å²) in [5, 5.41) is 0. The van der Waals surface area contributed by atoms with Crippen molar-refractivity contribution in [2.75, 3.05) is 20.3 Å². The van der Waals surface area contributed by atoms with Gasteiger partial charge < -0.3 is 14.4 Å². The fourth-order valence-corrected chi connectivity index (χ4v) is 8.46. The summed E-state index contributed by atoms with van der Waals surface area (Å²) in [7, 11) is -3.20. The van der Waals surface area contributed by atoms with Crippen LogP contribution in [0, 0.1) is 0 Å². The van der Waals surface area contributed by atoms with E-state index in [4.69, 9.17) is 14.0 Å². The van der Waals surface area contributed by atoms with Crippen molar-refractivity contribution in [3.63, 3.8) is 0 Å². The molecule has 0 aromatic rings. The second kappa shape index (κ2) is 50.0. The van der Waals surface area contributed by atoms with Crippen LogP contribution in [0.25, 0.3) is 0 Å². The molecule has 0 heterocycles. The SMILES string of the molecule is CCCCCCCCCC/C=C\CCCCCCCCCCCCCC(=O)OC(COC(=O)CCCCCCCCCCC/C=C\CCCCCCCCCC)COP(=O)(O)OC. The van der Waals surface area contributed by atoms with Gasteiger partial charge in [-0.3, -0.25) is 18.6 Å². The summed E-state index contributed by atoms with van der Waals surface area (Å²) in [5.74, 6) is -0.793. The third-order valence-corrected chi connectivity index (χ3v) is 13.1. The molecule has 0 rings (SSSR count). The minimum atomic E-state index is -4.27. The summed E-state index contributed by atoms with van der Waals surface area (Å²) >= 11 is 0. The maximum atomic E-state index is 12.6. The largest absolute Gasteiger partial charge is 0.472 e. The number of phosphoric acid groups is 1. The van der Waals surface area contributed by atoms with Crippen LogP contribution < -0.4 is 0 Å². The summed E-state index contributed by atoms with van der Waals surface area (Å²) < 4.78 is 32.2. The van der Waals surface area contributed by atoms with Crippen molar-refractivity contribution in [1.29, 1.82) is 0 Å². The summed E-state index contributed by atoms with van der Waals surface area (Å²) in [4.78, 5) is 34.7. The summed E-state index contributed by atoms with van der Waals surface area (Å²) in [5.41, 5.74) is 0. The van der Waals surface area contributed by atoms with Crippen LogP contribution in [0.2, 0.25) is 0 Å². The number of allylic oxidation sites excluding steroid dienone is 4. The van der Waals surface area contributed by atoms with E-state index in [0.717, 1.165) is 39.2 Å². The summed E-state index contributed by atoms with van der Waals surface area (Å²) in [6.07, 6.45) is 59.6. The van der Waals surface area contributed by atoms with Crippen molar-refractivity contribution in [3.8, 4) is 0 Å². The molecular weight excluding hydrogens is 808 g/mol. The fourth-order valence-electron chi connectivity index (χ4n) is 8.00. The first-order chi connectivity index (χ1) is 30.8. The minimum Gasteiger partial charge on any atom is -0.462 e. The van der Waals surface area contributed by atoms with Crippen molar-refractivity contribution in [1.82, 2.24) is 0 Å². The number of ether oxygens (including phenoxy) is 2. The standard InChI is InChI=1S/C54H103O8P/c1-4-6-8-10-12-14-16-18-20-22-24-26-27-29-31-33-35-37-39-41-43-45-47-49-54(56)62-52(51-61-63(57,58)59-3)50-60-53(55)48-46-44-42-40-38-36-34-32-30-28-25-23-21-19-17-15-13-11-9-7-5-2/h22-25,52H,4-21,26-51H2,1-3H3,(H,57,58)/b24-22-,25-23-. The Hall–Kier alpha value is -1.47. The number of phosphoric ester groups is 1. The van der Waals surface area contributed by atoms with Gasteiger partial charge in [-0.15, -0.1) is 0 Å². The smallest absolute Gasteiger partial charge is 0.462 e. The van der Waals surface area contributed by atoms with Gasteiger partial charge in [0.05, 0.1) is 6.61 Å². The van der Waals surface area contributed by atoms with Crippen LogP contribution in [-0.2, 0) is 32.7 Å². The van der Waals surface area contributed by atoms with Gasteiger partial charge in [-0.05, 0) is 64.2 Å². The van der Waals surface area contributed by atoms with E-state index in [0.29, 0.717) is 12.8 Å². The lowest BCUT2D eigenvalue weighted by molar-refractivity contribution is -0.161. The lowest BCUT2D eigenvalue weighted by atomic mass is 10.0. The number of rotatable bonds is 51. The molecule has 63 heavy (non-hydrogen) atoms. The van der Waals surface area contributed by atoms with Gasteiger partial charge in [0.25, 0.3) is 0 Å². The Morgan fingerprint density at radius 2 is 0.714 bits per heavy atom. The Balaban J connectivity index is 3.85. The number of carbonyl (C=O) groups excluding carboxylic acids is 2. The van der Waals surface area contributed by atoms with Crippen LogP contribution in [0.15, 0.2) is 24.3 Å². The first-order valence-corrected chi connectivity index (χ1v) is 28.5. The van der Waals surface area contributed by atoms with Gasteiger partial charge in [-0.25, -0.2) is 4.57 Å². The van der Waals surface area contributed by atoms with Crippen LogP contribution in [0.5, 0.6) is 0 Å². The van der Waals surface area contributed by atoms with E-state index in [1.54, 1.807) is 0 Å². The highest BCUT2D eigenvalue weighted by Gasteiger charge is 2.24. The molecular formula is C54H103O8P. The topological polar surface area (TPSA) is 108 Å². The molecule has 1 N–H and O–H groups in total. The van der Waals surface area contributed by atoms with Crippen molar-refractivity contribution >= 4 is 19.8 Å². The van der Waals surface area contributed by atoms with Crippen molar-refractivity contribution in [3.05, 3.63) is 24.3 Å². The van der Waals surface area contributed by atoms with Crippen molar-refractivity contribution in [2.24, 2.45) is 0 Å². The first kappa shape index (κ1) is 61.5. The lowest BCUT2D eigenvalue weighted by Gasteiger charge is -2.19. The van der Waals surface area contributed by atoms with E-state index in [-0.39, 0.29) is 19.0 Å². The van der Waals surface area contributed by atoms with E-state index >= 15 is 0 Å². The predicted molar refractivity (Wildman–Crippen MR) is 267 cm³/mol. The molecule has 0 radical (unpaired) electrons. The van der Waals surface area contributed by atoms with Gasteiger partial charge >= 0.3 is 19.8 Å². The van der Waals surface area contributed by atoms with E-state index in [1.165, 1.54) is 218 Å². The fraction of sp³-hybridized carbons (Fsp3) is 0.889. The second-order valence-electron chi connectivity index (χ2n) is 18.4. The first-order valence-electron chi connectivity index (χ1n) is 27.0. The van der Waals surface area contributed by atoms with Crippen LogP contribution in [0.1, 0.15) is 284 Å². The van der Waals surface area contributed by atoms with Crippen LogP contribution in [0.3, 0.4) is 0 Å². The zero-order chi connectivity index (χ0) is 46.0. The highest BCUT2D eigenvalue weighted by molar-refractivity contribution is 7.47. The number of esters is 2. The zero-order valence-corrected chi connectivity index (χ0v) is 42.6. The van der Waals surface area contributed by atoms with E-state index in [1.807, 2.05) is 0 Å². The third-order valence-electron chi connectivity index (χ3n) is 12.2. The Kier molecular flexibility index (Phi) is 48.8. The van der Waals surface area contributed by atoms with Crippen molar-refractivity contribution < 1.29 is 37.6 Å². The lowest BCUT2D eigenvalue weighted by Crippen LogP contribution is -2.29. The average molecular weight is 911 g/mol. The molecule has 0 aliphatic carbocycles. The molecule has 8 nitrogen and oxygen atoms in total. The molecule has 2 unspecified atom stereocenters. The molecule has 0 aliphatic heterocycles. The highest BCUT2D eigenvalue weighted by atomic mass is 31.2. The van der Waals surface area contributed by atoms with E-state index < -0.39 is 26.5 Å². The van der Waals surface area contributed by atoms with Gasteiger partial charge in [0, 0.05) is 20.0 Å². The number of carbonyl (C=O) groups is 2. The molecule has 0 aliphatic rings. The quantitative estimate of drug-likeness (QED) is 0.0278. The van der Waals surface area contributed by atoms with Gasteiger partial charge in [-0.2, -0.15) is 0 Å². The maximum absolute atomic E-state index is 12.6. The third kappa shape index (κ3) is 49.8. The molecule has 2 atom stereocenters. The highest BCUT2D eigenvalue weighted by Crippen LogP contribution is 2.42. The molecule has 372 valence electrons. The molecule has 0 aromatic carbocycles. The molecule has 0 spiro atoms. The van der Waals surface area contributed by atoms with Gasteiger partial charge in [0.1, 0.15) is 6.61 Å². The molecule has 0 amide bonds. The molecule has 0 saturated carbocycles. The maximum Gasteiger partial charge on any atom is 0.472 e. The minimum absolute atomic E-state index is 0.222. The predicted octanol–water partition coefficient (Wildman–Crippen LogP) is 17.7. The Bertz CT molecular complexity index is 1080. The van der Waals surface area contributed by atoms with E-state index in [2.05, 4.69) is 42.7 Å². The average Bonchev–Trinajstić information content (AvgIpc) is 3.28. The van der Waals surface area contributed by atoms with Crippen molar-refractivity contribution in [2.45, 2.75) is 290 Å². The summed E-state index contributed by atoms with van der Waals surface area (Å²) in [6, 6.07) is 0. The Morgan fingerprint density at radius 1 is 0.429 bits per heavy atom. The monoisotopic (exact) mass is 911 g/mol.